The first-order chi connectivity index (χ1) is 6.24. The Bertz CT molecular complexity index is 295. The van der Waals surface area contributed by atoms with Crippen molar-refractivity contribution in [1.82, 2.24) is 9.88 Å². The molecule has 0 saturated carbocycles. The van der Waals surface area contributed by atoms with Gasteiger partial charge in [0.15, 0.2) is 0 Å². The van der Waals surface area contributed by atoms with Crippen LogP contribution in [0.15, 0.2) is 37.2 Å². The van der Waals surface area contributed by atoms with E-state index in [1.54, 1.807) is 24.3 Å². The van der Waals surface area contributed by atoms with Crippen LogP contribution >= 0.6 is 0 Å². The molecule has 0 aliphatic heterocycles. The molecule has 0 N–H and O–H groups in total. The highest BCUT2D eigenvalue weighted by molar-refractivity contribution is 5.86. The van der Waals surface area contributed by atoms with Crippen LogP contribution in [-0.4, -0.2) is 22.8 Å². The van der Waals surface area contributed by atoms with Gasteiger partial charge in [0, 0.05) is 26.0 Å². The molecule has 0 spiro atoms. The lowest BCUT2D eigenvalue weighted by molar-refractivity contribution is -0.125. The number of amides is 1. The number of aromatic nitrogens is 1. The van der Waals surface area contributed by atoms with Crippen LogP contribution in [-0.2, 0) is 11.3 Å². The zero-order valence-corrected chi connectivity index (χ0v) is 7.60. The van der Waals surface area contributed by atoms with Crippen LogP contribution in [0.5, 0.6) is 0 Å². The Morgan fingerprint density at radius 3 is 2.77 bits per heavy atom. The molecular weight excluding hydrogens is 164 g/mol. The third-order valence-corrected chi connectivity index (χ3v) is 1.72. The second-order valence-corrected chi connectivity index (χ2v) is 2.75. The van der Waals surface area contributed by atoms with Crippen molar-refractivity contribution in [2.75, 3.05) is 7.05 Å². The molecule has 0 aliphatic carbocycles. The van der Waals surface area contributed by atoms with Crippen LogP contribution in [0.25, 0.3) is 0 Å². The standard InChI is InChI=1S/C10H12N2O/c1-3-10(13)12(2)8-9-4-6-11-7-5-9/h3-7H,1,8H2,2H3. The molecule has 1 aromatic rings. The van der Waals surface area contributed by atoms with E-state index in [9.17, 15) is 4.79 Å². The van der Waals surface area contributed by atoms with Gasteiger partial charge in [0.05, 0.1) is 0 Å². The third kappa shape index (κ3) is 2.71. The van der Waals surface area contributed by atoms with Crippen molar-refractivity contribution in [3.63, 3.8) is 0 Å². The van der Waals surface area contributed by atoms with E-state index >= 15 is 0 Å². The molecule has 1 aromatic heterocycles. The number of rotatable bonds is 3. The lowest BCUT2D eigenvalue weighted by atomic mass is 10.2. The van der Waals surface area contributed by atoms with Gasteiger partial charge in [0.2, 0.25) is 5.91 Å². The highest BCUT2D eigenvalue weighted by atomic mass is 16.2. The number of carbonyl (C=O) groups excluding carboxylic acids is 1. The van der Waals surface area contributed by atoms with E-state index in [0.717, 1.165) is 5.56 Å². The first-order valence-corrected chi connectivity index (χ1v) is 4.00. The molecule has 3 nitrogen and oxygen atoms in total. The summed E-state index contributed by atoms with van der Waals surface area (Å²) in [4.78, 5) is 16.6. The van der Waals surface area contributed by atoms with E-state index in [1.807, 2.05) is 12.1 Å². The summed E-state index contributed by atoms with van der Waals surface area (Å²) < 4.78 is 0. The summed E-state index contributed by atoms with van der Waals surface area (Å²) >= 11 is 0. The Labute approximate surface area is 77.7 Å². The molecule has 0 bridgehead atoms. The summed E-state index contributed by atoms with van der Waals surface area (Å²) in [6.07, 6.45) is 4.73. The van der Waals surface area contributed by atoms with Gasteiger partial charge in [-0.3, -0.25) is 9.78 Å². The van der Waals surface area contributed by atoms with Crippen LogP contribution < -0.4 is 0 Å². The van der Waals surface area contributed by atoms with Crippen molar-refractivity contribution in [2.24, 2.45) is 0 Å². The molecule has 68 valence electrons. The Morgan fingerprint density at radius 2 is 2.23 bits per heavy atom. The average molecular weight is 176 g/mol. The van der Waals surface area contributed by atoms with E-state index in [1.165, 1.54) is 6.08 Å². The van der Waals surface area contributed by atoms with E-state index in [0.29, 0.717) is 6.54 Å². The highest BCUT2D eigenvalue weighted by Crippen LogP contribution is 2.01. The van der Waals surface area contributed by atoms with Gasteiger partial charge in [-0.25, -0.2) is 0 Å². The van der Waals surface area contributed by atoms with Crippen LogP contribution in [0, 0.1) is 0 Å². The average Bonchev–Trinajstić information content (AvgIpc) is 2.18. The zero-order chi connectivity index (χ0) is 9.68. The molecule has 0 atom stereocenters. The summed E-state index contributed by atoms with van der Waals surface area (Å²) in [7, 11) is 1.74. The molecule has 0 fully saturated rings. The predicted molar refractivity (Wildman–Crippen MR) is 50.9 cm³/mol. The summed E-state index contributed by atoms with van der Waals surface area (Å²) in [5, 5.41) is 0. The topological polar surface area (TPSA) is 33.2 Å². The van der Waals surface area contributed by atoms with Crippen molar-refractivity contribution >= 4 is 5.91 Å². The molecule has 1 amide bonds. The van der Waals surface area contributed by atoms with E-state index in [-0.39, 0.29) is 5.91 Å². The second kappa shape index (κ2) is 4.40. The minimum absolute atomic E-state index is 0.0724. The molecule has 1 heterocycles. The fourth-order valence-corrected chi connectivity index (χ4v) is 0.996. The number of likely N-dealkylation sites (N-methyl/N-ethyl adjacent to an activating group) is 1. The van der Waals surface area contributed by atoms with Crippen LogP contribution in [0.4, 0.5) is 0 Å². The predicted octanol–water partition coefficient (Wildman–Crippen LogP) is 1.23. The monoisotopic (exact) mass is 176 g/mol. The molecule has 0 aliphatic rings. The lowest BCUT2D eigenvalue weighted by Gasteiger charge is -2.14. The molecule has 1 rings (SSSR count). The van der Waals surface area contributed by atoms with E-state index in [4.69, 9.17) is 0 Å². The first kappa shape index (κ1) is 9.45. The van der Waals surface area contributed by atoms with Gasteiger partial charge in [-0.1, -0.05) is 6.58 Å². The molecule has 0 radical (unpaired) electrons. The van der Waals surface area contributed by atoms with Crippen molar-refractivity contribution in [3.8, 4) is 0 Å². The minimum Gasteiger partial charge on any atom is -0.338 e. The summed E-state index contributed by atoms with van der Waals surface area (Å²) in [5.41, 5.74) is 1.06. The Balaban J connectivity index is 2.60. The fourth-order valence-electron chi connectivity index (χ4n) is 0.996. The Hall–Kier alpha value is -1.64. The maximum atomic E-state index is 11.1. The largest absolute Gasteiger partial charge is 0.338 e. The number of pyridine rings is 1. The van der Waals surface area contributed by atoms with Gasteiger partial charge in [-0.2, -0.15) is 0 Å². The van der Waals surface area contributed by atoms with Crippen molar-refractivity contribution < 1.29 is 4.79 Å². The smallest absolute Gasteiger partial charge is 0.245 e. The van der Waals surface area contributed by atoms with E-state index in [2.05, 4.69) is 11.6 Å². The van der Waals surface area contributed by atoms with Crippen LogP contribution in [0.2, 0.25) is 0 Å². The quantitative estimate of drug-likeness (QED) is 0.649. The normalized spacial score (nSPS) is 9.31. The number of hydrogen-bond donors (Lipinski definition) is 0. The van der Waals surface area contributed by atoms with Crippen LogP contribution in [0.3, 0.4) is 0 Å². The SMILES string of the molecule is C=CC(=O)N(C)Cc1ccncc1. The lowest BCUT2D eigenvalue weighted by Crippen LogP contribution is -2.23. The molecule has 3 heteroatoms. The van der Waals surface area contributed by atoms with Crippen molar-refractivity contribution in [1.29, 1.82) is 0 Å². The Kier molecular flexibility index (Phi) is 3.20. The molecule has 0 saturated heterocycles. The van der Waals surface area contributed by atoms with Gasteiger partial charge >= 0.3 is 0 Å². The highest BCUT2D eigenvalue weighted by Gasteiger charge is 2.03. The first-order valence-electron chi connectivity index (χ1n) is 4.00. The Morgan fingerprint density at radius 1 is 1.62 bits per heavy atom. The van der Waals surface area contributed by atoms with Crippen LogP contribution in [0.1, 0.15) is 5.56 Å². The second-order valence-electron chi connectivity index (χ2n) is 2.75. The van der Waals surface area contributed by atoms with Gasteiger partial charge in [-0.05, 0) is 23.8 Å². The van der Waals surface area contributed by atoms with E-state index < -0.39 is 0 Å². The summed E-state index contributed by atoms with van der Waals surface area (Å²) in [5.74, 6) is -0.0724. The van der Waals surface area contributed by atoms with Crippen molar-refractivity contribution in [2.45, 2.75) is 6.54 Å². The number of carbonyl (C=O) groups is 1. The molecule has 13 heavy (non-hydrogen) atoms. The van der Waals surface area contributed by atoms with Gasteiger partial charge in [0.1, 0.15) is 0 Å². The summed E-state index contributed by atoms with van der Waals surface area (Å²) in [6, 6.07) is 3.76. The van der Waals surface area contributed by atoms with Crippen molar-refractivity contribution in [3.05, 3.63) is 42.7 Å². The maximum absolute atomic E-state index is 11.1. The van der Waals surface area contributed by atoms with Gasteiger partial charge in [-0.15, -0.1) is 0 Å². The van der Waals surface area contributed by atoms with Gasteiger partial charge in [0.25, 0.3) is 0 Å². The summed E-state index contributed by atoms with van der Waals surface area (Å²) in [6.45, 7) is 4.01. The zero-order valence-electron chi connectivity index (χ0n) is 7.60. The maximum Gasteiger partial charge on any atom is 0.245 e. The number of nitrogens with zero attached hydrogens (tertiary/aromatic N) is 2. The fraction of sp³-hybridized carbons (Fsp3) is 0.200. The third-order valence-electron chi connectivity index (χ3n) is 1.72. The van der Waals surface area contributed by atoms with Gasteiger partial charge < -0.3 is 4.90 Å². The molecular formula is C10H12N2O. The molecule has 0 unspecified atom stereocenters. The number of hydrogen-bond acceptors (Lipinski definition) is 2. The minimum atomic E-state index is -0.0724. The molecule has 0 aromatic carbocycles.